The van der Waals surface area contributed by atoms with Crippen molar-refractivity contribution in [2.24, 2.45) is 5.92 Å². The Bertz CT molecular complexity index is 298. The summed E-state index contributed by atoms with van der Waals surface area (Å²) in [5.74, 6) is 0.740. The minimum absolute atomic E-state index is 0.740. The van der Waals surface area contributed by atoms with Crippen molar-refractivity contribution in [2.45, 2.75) is 33.7 Å². The zero-order valence-electron chi connectivity index (χ0n) is 12.0. The highest BCUT2D eigenvalue weighted by atomic mass is 15.1. The lowest BCUT2D eigenvalue weighted by molar-refractivity contribution is 0.274. The van der Waals surface area contributed by atoms with E-state index in [1.807, 2.05) is 12.4 Å². The Morgan fingerprint density at radius 2 is 2.00 bits per heavy atom. The number of hydrogen-bond acceptors (Lipinski definition) is 3. The quantitative estimate of drug-likeness (QED) is 0.682. The Labute approximate surface area is 112 Å². The molecule has 1 heterocycles. The maximum absolute atomic E-state index is 4.05. The van der Waals surface area contributed by atoms with E-state index in [0.29, 0.717) is 0 Å². The van der Waals surface area contributed by atoms with E-state index in [4.69, 9.17) is 0 Å². The van der Waals surface area contributed by atoms with Gasteiger partial charge >= 0.3 is 0 Å². The summed E-state index contributed by atoms with van der Waals surface area (Å²) in [6.07, 6.45) is 4.95. The molecule has 0 spiro atoms. The monoisotopic (exact) mass is 249 g/mol. The second-order valence-corrected chi connectivity index (χ2v) is 5.18. The molecule has 1 rings (SSSR count). The van der Waals surface area contributed by atoms with Crippen molar-refractivity contribution in [2.75, 3.05) is 26.2 Å². The highest BCUT2D eigenvalue weighted by molar-refractivity contribution is 5.09. The van der Waals surface area contributed by atoms with E-state index in [9.17, 15) is 0 Å². The van der Waals surface area contributed by atoms with Crippen molar-refractivity contribution in [3.63, 3.8) is 0 Å². The molecule has 3 heteroatoms. The average Bonchev–Trinajstić information content (AvgIpc) is 2.38. The first-order valence-corrected chi connectivity index (χ1v) is 7.04. The van der Waals surface area contributed by atoms with Crippen molar-refractivity contribution in [3.05, 3.63) is 30.1 Å². The molecule has 0 saturated carbocycles. The van der Waals surface area contributed by atoms with Crippen LogP contribution >= 0.6 is 0 Å². The Kier molecular flexibility index (Phi) is 7.62. The predicted octanol–water partition coefficient (Wildman–Crippen LogP) is 2.54. The van der Waals surface area contributed by atoms with Gasteiger partial charge in [0.1, 0.15) is 0 Å². The Hall–Kier alpha value is -0.930. The van der Waals surface area contributed by atoms with Crippen LogP contribution < -0.4 is 5.32 Å². The fourth-order valence-electron chi connectivity index (χ4n) is 1.91. The molecule has 0 aliphatic carbocycles. The summed E-state index contributed by atoms with van der Waals surface area (Å²) in [6.45, 7) is 12.2. The van der Waals surface area contributed by atoms with Gasteiger partial charge in [0, 0.05) is 18.9 Å². The van der Waals surface area contributed by atoms with Gasteiger partial charge in [-0.2, -0.15) is 0 Å². The predicted molar refractivity (Wildman–Crippen MR) is 77.5 cm³/mol. The molecule has 0 atom stereocenters. The molecule has 18 heavy (non-hydrogen) atoms. The van der Waals surface area contributed by atoms with Crippen LogP contribution in [0.15, 0.2) is 24.5 Å². The molecule has 3 nitrogen and oxygen atoms in total. The molecule has 0 bridgehead atoms. The topological polar surface area (TPSA) is 28.2 Å². The summed E-state index contributed by atoms with van der Waals surface area (Å²) in [6, 6.07) is 4.19. The SMILES string of the molecule is CCN(CCCNCC(C)C)Cc1ccncc1. The number of nitrogens with one attached hydrogen (secondary N) is 1. The molecule has 0 radical (unpaired) electrons. The van der Waals surface area contributed by atoms with Crippen LogP contribution in [0.2, 0.25) is 0 Å². The first kappa shape index (κ1) is 15.1. The molecular weight excluding hydrogens is 222 g/mol. The van der Waals surface area contributed by atoms with Crippen molar-refractivity contribution >= 4 is 0 Å². The van der Waals surface area contributed by atoms with Crippen molar-refractivity contribution in [1.82, 2.24) is 15.2 Å². The van der Waals surface area contributed by atoms with Crippen LogP contribution in [0.3, 0.4) is 0 Å². The molecule has 0 aliphatic rings. The van der Waals surface area contributed by atoms with E-state index in [1.165, 1.54) is 12.0 Å². The molecule has 0 saturated heterocycles. The molecule has 0 fully saturated rings. The first-order chi connectivity index (χ1) is 8.72. The van der Waals surface area contributed by atoms with Crippen LogP contribution in [-0.4, -0.2) is 36.1 Å². The standard InChI is InChI=1S/C15H27N3/c1-4-18(11-5-8-17-12-14(2)3)13-15-6-9-16-10-7-15/h6-7,9-10,14,17H,4-5,8,11-13H2,1-3H3. The Balaban J connectivity index is 2.18. The number of pyridine rings is 1. The van der Waals surface area contributed by atoms with Crippen LogP contribution in [0.25, 0.3) is 0 Å². The summed E-state index contributed by atoms with van der Waals surface area (Å²) in [7, 11) is 0. The van der Waals surface area contributed by atoms with Crippen LogP contribution in [0.4, 0.5) is 0 Å². The van der Waals surface area contributed by atoms with E-state index in [-0.39, 0.29) is 0 Å². The van der Waals surface area contributed by atoms with Gasteiger partial charge in [-0.05, 0) is 56.2 Å². The third-order valence-electron chi connectivity index (χ3n) is 2.98. The van der Waals surface area contributed by atoms with Gasteiger partial charge in [0.25, 0.3) is 0 Å². The smallest absolute Gasteiger partial charge is 0.0271 e. The number of rotatable bonds is 9. The molecular formula is C15H27N3. The maximum Gasteiger partial charge on any atom is 0.0271 e. The first-order valence-electron chi connectivity index (χ1n) is 7.04. The highest BCUT2D eigenvalue weighted by Crippen LogP contribution is 2.03. The molecule has 0 amide bonds. The van der Waals surface area contributed by atoms with Gasteiger partial charge in [0.15, 0.2) is 0 Å². The number of nitrogens with zero attached hydrogens (tertiary/aromatic N) is 2. The average molecular weight is 249 g/mol. The van der Waals surface area contributed by atoms with Gasteiger partial charge in [-0.3, -0.25) is 9.88 Å². The van der Waals surface area contributed by atoms with Gasteiger partial charge in [-0.1, -0.05) is 20.8 Å². The maximum atomic E-state index is 4.05. The fourth-order valence-corrected chi connectivity index (χ4v) is 1.91. The summed E-state index contributed by atoms with van der Waals surface area (Å²) >= 11 is 0. The largest absolute Gasteiger partial charge is 0.316 e. The molecule has 1 N–H and O–H groups in total. The zero-order chi connectivity index (χ0) is 13.2. The van der Waals surface area contributed by atoms with E-state index >= 15 is 0 Å². The van der Waals surface area contributed by atoms with Crippen LogP contribution in [0.1, 0.15) is 32.8 Å². The molecule has 1 aromatic heterocycles. The van der Waals surface area contributed by atoms with Gasteiger partial charge < -0.3 is 5.32 Å². The van der Waals surface area contributed by atoms with Crippen molar-refractivity contribution in [3.8, 4) is 0 Å². The summed E-state index contributed by atoms with van der Waals surface area (Å²) < 4.78 is 0. The van der Waals surface area contributed by atoms with Gasteiger partial charge in [-0.25, -0.2) is 0 Å². The summed E-state index contributed by atoms with van der Waals surface area (Å²) in [5.41, 5.74) is 1.35. The van der Waals surface area contributed by atoms with Gasteiger partial charge in [0.05, 0.1) is 0 Å². The van der Waals surface area contributed by atoms with Gasteiger partial charge in [-0.15, -0.1) is 0 Å². The molecule has 0 unspecified atom stereocenters. The van der Waals surface area contributed by atoms with E-state index in [0.717, 1.165) is 38.6 Å². The molecule has 0 aromatic carbocycles. The van der Waals surface area contributed by atoms with Crippen molar-refractivity contribution < 1.29 is 0 Å². The Morgan fingerprint density at radius 3 is 2.61 bits per heavy atom. The second-order valence-electron chi connectivity index (χ2n) is 5.18. The summed E-state index contributed by atoms with van der Waals surface area (Å²) in [4.78, 5) is 6.53. The van der Waals surface area contributed by atoms with E-state index < -0.39 is 0 Å². The number of aromatic nitrogens is 1. The van der Waals surface area contributed by atoms with Crippen LogP contribution in [0, 0.1) is 5.92 Å². The molecule has 1 aromatic rings. The summed E-state index contributed by atoms with van der Waals surface area (Å²) in [5, 5.41) is 3.49. The Morgan fingerprint density at radius 1 is 1.28 bits per heavy atom. The third kappa shape index (κ3) is 6.72. The zero-order valence-corrected chi connectivity index (χ0v) is 12.0. The molecule has 102 valence electrons. The van der Waals surface area contributed by atoms with E-state index in [1.54, 1.807) is 0 Å². The molecule has 0 aliphatic heterocycles. The van der Waals surface area contributed by atoms with Crippen molar-refractivity contribution in [1.29, 1.82) is 0 Å². The highest BCUT2D eigenvalue weighted by Gasteiger charge is 2.03. The van der Waals surface area contributed by atoms with E-state index in [2.05, 4.69) is 48.1 Å². The lowest BCUT2D eigenvalue weighted by atomic mass is 10.2. The minimum atomic E-state index is 0.740. The van der Waals surface area contributed by atoms with Crippen LogP contribution in [0.5, 0.6) is 0 Å². The second kappa shape index (κ2) is 9.06. The number of hydrogen-bond donors (Lipinski definition) is 1. The van der Waals surface area contributed by atoms with Gasteiger partial charge in [0.2, 0.25) is 0 Å². The van der Waals surface area contributed by atoms with Crippen LogP contribution in [-0.2, 0) is 6.54 Å². The normalized spacial score (nSPS) is 11.4. The lowest BCUT2D eigenvalue weighted by Gasteiger charge is -2.20. The fraction of sp³-hybridized carbons (Fsp3) is 0.667. The minimum Gasteiger partial charge on any atom is -0.316 e. The third-order valence-corrected chi connectivity index (χ3v) is 2.98. The lowest BCUT2D eigenvalue weighted by Crippen LogP contribution is -2.28.